The van der Waals surface area contributed by atoms with Gasteiger partial charge in [-0.3, -0.25) is 0 Å². The smallest absolute Gasteiger partial charge is 0.152 e. The second-order valence-corrected chi connectivity index (χ2v) is 14.4. The number of benzene rings is 9. The Labute approximate surface area is 334 Å². The molecule has 0 unspecified atom stereocenters. The summed E-state index contributed by atoms with van der Waals surface area (Å²) in [5.41, 5.74) is 14.5. The lowest BCUT2D eigenvalue weighted by atomic mass is 9.68. The molecule has 2 heteroatoms. The molecule has 9 aromatic rings. The van der Waals surface area contributed by atoms with E-state index in [1.165, 1.54) is 38.9 Å². The fourth-order valence-electron chi connectivity index (χ4n) is 8.71. The molecule has 57 heavy (non-hydrogen) atoms. The molecule has 0 radical (unpaired) electrons. The van der Waals surface area contributed by atoms with E-state index in [1.807, 2.05) is 30.3 Å². The zero-order chi connectivity index (χ0) is 38.0. The van der Waals surface area contributed by atoms with Crippen molar-refractivity contribution in [2.75, 3.05) is 4.90 Å². The van der Waals surface area contributed by atoms with E-state index in [9.17, 15) is 0 Å². The van der Waals surface area contributed by atoms with Gasteiger partial charge in [0.15, 0.2) is 5.75 Å². The van der Waals surface area contributed by atoms with Crippen LogP contribution in [0.4, 0.5) is 17.1 Å². The first-order valence-electron chi connectivity index (χ1n) is 19.5. The van der Waals surface area contributed by atoms with Crippen molar-refractivity contribution in [3.8, 4) is 44.9 Å². The van der Waals surface area contributed by atoms with Gasteiger partial charge in [-0.05, 0) is 92.5 Å². The van der Waals surface area contributed by atoms with Crippen LogP contribution in [0.25, 0.3) is 33.4 Å². The molecule has 0 N–H and O–H groups in total. The predicted octanol–water partition coefficient (Wildman–Crippen LogP) is 14.6. The minimum atomic E-state index is -0.534. The van der Waals surface area contributed by atoms with Crippen molar-refractivity contribution < 1.29 is 4.74 Å². The third-order valence-electron chi connectivity index (χ3n) is 11.2. The normalized spacial score (nSPS) is 12.4. The van der Waals surface area contributed by atoms with Gasteiger partial charge in [-0.15, -0.1) is 0 Å². The van der Waals surface area contributed by atoms with Crippen LogP contribution in [0.5, 0.6) is 11.5 Å². The maximum atomic E-state index is 6.92. The topological polar surface area (TPSA) is 12.5 Å². The molecular formula is C55H39NO. The van der Waals surface area contributed by atoms with Crippen LogP contribution in [0.3, 0.4) is 0 Å². The van der Waals surface area contributed by atoms with E-state index in [0.29, 0.717) is 0 Å². The fraction of sp³-hybridized carbons (Fsp3) is 0.0182. The zero-order valence-electron chi connectivity index (χ0n) is 31.4. The maximum absolute atomic E-state index is 6.92. The van der Waals surface area contributed by atoms with Crippen molar-refractivity contribution in [3.63, 3.8) is 0 Å². The highest BCUT2D eigenvalue weighted by molar-refractivity contribution is 5.98. The number of hydrogen-bond donors (Lipinski definition) is 0. The van der Waals surface area contributed by atoms with Crippen LogP contribution in [-0.4, -0.2) is 0 Å². The van der Waals surface area contributed by atoms with Crippen LogP contribution in [0.15, 0.2) is 237 Å². The quantitative estimate of drug-likeness (QED) is 0.147. The highest BCUT2D eigenvalue weighted by Crippen LogP contribution is 2.60. The van der Waals surface area contributed by atoms with E-state index in [-0.39, 0.29) is 0 Å². The van der Waals surface area contributed by atoms with Gasteiger partial charge in [-0.1, -0.05) is 194 Å². The molecule has 0 bridgehead atoms. The largest absolute Gasteiger partial charge is 0.455 e. The van der Waals surface area contributed by atoms with Crippen LogP contribution >= 0.6 is 0 Å². The van der Waals surface area contributed by atoms with Gasteiger partial charge in [0.25, 0.3) is 0 Å². The van der Waals surface area contributed by atoms with Gasteiger partial charge in [-0.25, -0.2) is 0 Å². The Morgan fingerprint density at radius 2 is 0.842 bits per heavy atom. The van der Waals surface area contributed by atoms with Crippen LogP contribution in [0, 0.1) is 0 Å². The fourth-order valence-corrected chi connectivity index (χ4v) is 8.71. The highest BCUT2D eigenvalue weighted by Gasteiger charge is 2.47. The summed E-state index contributed by atoms with van der Waals surface area (Å²) in [5.74, 6) is 1.54. The van der Waals surface area contributed by atoms with E-state index in [0.717, 1.165) is 45.3 Å². The van der Waals surface area contributed by atoms with E-state index in [2.05, 4.69) is 211 Å². The molecular weight excluding hydrogens is 691 g/mol. The lowest BCUT2D eigenvalue weighted by Gasteiger charge is -2.34. The van der Waals surface area contributed by atoms with Crippen molar-refractivity contribution in [1.29, 1.82) is 0 Å². The van der Waals surface area contributed by atoms with Crippen molar-refractivity contribution in [3.05, 3.63) is 259 Å². The molecule has 270 valence electrons. The summed E-state index contributed by atoms with van der Waals surface area (Å²) in [5, 5.41) is 0. The number of hydrogen-bond acceptors (Lipinski definition) is 2. The first-order valence-corrected chi connectivity index (χ1v) is 19.5. The lowest BCUT2D eigenvalue weighted by Crippen LogP contribution is -2.28. The van der Waals surface area contributed by atoms with E-state index in [1.54, 1.807) is 0 Å². The average Bonchev–Trinajstić information content (AvgIpc) is 3.60. The van der Waals surface area contributed by atoms with Gasteiger partial charge in [0.05, 0.1) is 16.8 Å². The lowest BCUT2D eigenvalue weighted by molar-refractivity contribution is 0.484. The second-order valence-electron chi connectivity index (χ2n) is 14.4. The standard InChI is InChI=1S/C55H39NO/c1-6-19-40(20-7-1)42-33-36-46(37-34-42)56(51-38-35-43(41-21-8-2-9-22-41)39-53(51)57-47-27-14-5-15-28-47)52-32-18-31-50-54(52)48-29-16-17-30-49(48)55(50,44-23-10-3-11-24-44)45-25-12-4-13-26-45/h1-39H. The molecule has 0 aliphatic heterocycles. The summed E-state index contributed by atoms with van der Waals surface area (Å²) < 4.78 is 6.92. The summed E-state index contributed by atoms with van der Waals surface area (Å²) in [6.45, 7) is 0. The summed E-state index contributed by atoms with van der Waals surface area (Å²) in [6.07, 6.45) is 0. The van der Waals surface area contributed by atoms with E-state index in [4.69, 9.17) is 4.74 Å². The average molecular weight is 730 g/mol. The molecule has 0 saturated carbocycles. The number of para-hydroxylation sites is 1. The van der Waals surface area contributed by atoms with Gasteiger partial charge in [-0.2, -0.15) is 0 Å². The maximum Gasteiger partial charge on any atom is 0.152 e. The highest BCUT2D eigenvalue weighted by atomic mass is 16.5. The minimum absolute atomic E-state index is 0.534. The molecule has 0 amide bonds. The van der Waals surface area contributed by atoms with Crippen molar-refractivity contribution in [2.24, 2.45) is 0 Å². The van der Waals surface area contributed by atoms with Crippen molar-refractivity contribution in [1.82, 2.24) is 0 Å². The molecule has 0 heterocycles. The first-order chi connectivity index (χ1) is 28.3. The zero-order valence-corrected chi connectivity index (χ0v) is 31.4. The molecule has 0 aromatic heterocycles. The molecule has 0 spiro atoms. The van der Waals surface area contributed by atoms with Crippen molar-refractivity contribution in [2.45, 2.75) is 5.41 Å². The molecule has 1 aliphatic rings. The van der Waals surface area contributed by atoms with E-state index < -0.39 is 5.41 Å². The molecule has 0 fully saturated rings. The Hall–Kier alpha value is -7.42. The molecule has 0 atom stereocenters. The number of fused-ring (bicyclic) bond motifs is 3. The molecule has 2 nitrogen and oxygen atoms in total. The molecule has 0 saturated heterocycles. The Kier molecular flexibility index (Phi) is 8.78. The number of rotatable bonds is 9. The Bertz CT molecular complexity index is 2740. The van der Waals surface area contributed by atoms with Crippen LogP contribution in [-0.2, 0) is 5.41 Å². The number of anilines is 3. The van der Waals surface area contributed by atoms with Gasteiger partial charge in [0.1, 0.15) is 5.75 Å². The van der Waals surface area contributed by atoms with Crippen molar-refractivity contribution >= 4 is 17.1 Å². The Morgan fingerprint density at radius 3 is 1.47 bits per heavy atom. The minimum Gasteiger partial charge on any atom is -0.455 e. The van der Waals surface area contributed by atoms with Gasteiger partial charge in [0.2, 0.25) is 0 Å². The summed E-state index contributed by atoms with van der Waals surface area (Å²) in [4.78, 5) is 2.39. The predicted molar refractivity (Wildman–Crippen MR) is 236 cm³/mol. The van der Waals surface area contributed by atoms with Gasteiger partial charge in [0, 0.05) is 11.3 Å². The second kappa shape index (κ2) is 14.7. The van der Waals surface area contributed by atoms with E-state index >= 15 is 0 Å². The van der Waals surface area contributed by atoms with Crippen LogP contribution in [0.1, 0.15) is 22.3 Å². The monoisotopic (exact) mass is 729 g/mol. The molecule has 1 aliphatic carbocycles. The Balaban J connectivity index is 1.26. The SMILES string of the molecule is c1ccc(Oc2cc(-c3ccccc3)ccc2N(c2ccc(-c3ccccc3)cc2)c2cccc3c2-c2ccccc2C3(c2ccccc2)c2ccccc2)cc1. The molecule has 9 aromatic carbocycles. The van der Waals surface area contributed by atoms with Gasteiger partial charge < -0.3 is 9.64 Å². The summed E-state index contributed by atoms with van der Waals surface area (Å²) in [6, 6.07) is 84.4. The number of ether oxygens (including phenoxy) is 1. The first kappa shape index (κ1) is 34.1. The molecule has 10 rings (SSSR count). The van der Waals surface area contributed by atoms with Crippen LogP contribution in [0.2, 0.25) is 0 Å². The number of nitrogens with zero attached hydrogens (tertiary/aromatic N) is 1. The third-order valence-corrected chi connectivity index (χ3v) is 11.2. The van der Waals surface area contributed by atoms with Gasteiger partial charge >= 0.3 is 0 Å². The van der Waals surface area contributed by atoms with Crippen LogP contribution < -0.4 is 9.64 Å². The third kappa shape index (κ3) is 6.00. The Morgan fingerprint density at radius 1 is 0.351 bits per heavy atom. The summed E-state index contributed by atoms with van der Waals surface area (Å²) in [7, 11) is 0. The summed E-state index contributed by atoms with van der Waals surface area (Å²) >= 11 is 0.